The first kappa shape index (κ1) is 8.43. The van der Waals surface area contributed by atoms with Crippen LogP contribution in [0.4, 0.5) is 0 Å². The maximum atomic E-state index is 10.5. The van der Waals surface area contributed by atoms with Gasteiger partial charge in [-0.25, -0.2) is 5.26 Å². The summed E-state index contributed by atoms with van der Waals surface area (Å²) < 4.78 is 0. The van der Waals surface area contributed by atoms with Crippen LogP contribution in [0.5, 0.6) is 0 Å². The van der Waals surface area contributed by atoms with Crippen LogP contribution in [0, 0.1) is 11.2 Å². The summed E-state index contributed by atoms with van der Waals surface area (Å²) in [4.78, 5) is 12.0. The molecule has 1 radical (unpaired) electrons. The van der Waals surface area contributed by atoms with Crippen molar-refractivity contribution in [3.63, 3.8) is 0 Å². The smallest absolute Gasteiger partial charge is 0.352 e. The minimum absolute atomic E-state index is 0.514. The molecule has 1 aliphatic rings. The summed E-state index contributed by atoms with van der Waals surface area (Å²) in [5.41, 5.74) is 0. The molecule has 0 bridgehead atoms. The van der Waals surface area contributed by atoms with Gasteiger partial charge in [0, 0.05) is 17.6 Å². The third-order valence-electron chi connectivity index (χ3n) is 1.43. The summed E-state index contributed by atoms with van der Waals surface area (Å²) in [5.74, 6) is 2.12. The van der Waals surface area contributed by atoms with Gasteiger partial charge in [0.05, 0.1) is 0 Å². The van der Waals surface area contributed by atoms with E-state index >= 15 is 0 Å². The van der Waals surface area contributed by atoms with Crippen molar-refractivity contribution in [2.75, 3.05) is 11.6 Å². The second kappa shape index (κ2) is 3.65. The fourth-order valence-corrected chi connectivity index (χ4v) is 2.00. The van der Waals surface area contributed by atoms with Crippen molar-refractivity contribution in [2.24, 2.45) is 0 Å². The van der Waals surface area contributed by atoms with Gasteiger partial charge in [0.1, 0.15) is 6.04 Å². The Balaban J connectivity index is 2.52. The lowest BCUT2D eigenvalue weighted by molar-refractivity contribution is -0.140. The van der Waals surface area contributed by atoms with E-state index in [-0.39, 0.29) is 0 Å². The summed E-state index contributed by atoms with van der Waals surface area (Å²) >= 11 is 1.52. The fraction of sp³-hybridized carbons (Fsp3) is 0.600. The third-order valence-corrected chi connectivity index (χ3v) is 2.46. The molecule has 0 aromatic heterocycles. The second-order valence-corrected chi connectivity index (χ2v) is 3.13. The molecule has 0 aromatic carbocycles. The number of hydrogen-bond donors (Lipinski definition) is 1. The SMILES string of the molecule is N#C[B]N1CSCC1C(=O)O. The van der Waals surface area contributed by atoms with Crippen molar-refractivity contribution < 1.29 is 9.90 Å². The number of carboxylic acids is 1. The Labute approximate surface area is 69.4 Å². The van der Waals surface area contributed by atoms with Crippen LogP contribution in [0.1, 0.15) is 0 Å². The number of hydrogen-bond acceptors (Lipinski definition) is 4. The van der Waals surface area contributed by atoms with E-state index < -0.39 is 12.0 Å². The average Bonchev–Trinajstić information content (AvgIpc) is 2.36. The van der Waals surface area contributed by atoms with Gasteiger partial charge in [-0.2, -0.15) is 0 Å². The van der Waals surface area contributed by atoms with Crippen LogP contribution in [0.15, 0.2) is 0 Å². The first-order valence-electron chi connectivity index (χ1n) is 3.05. The lowest BCUT2D eigenvalue weighted by Gasteiger charge is -2.14. The van der Waals surface area contributed by atoms with Crippen molar-refractivity contribution in [1.29, 1.82) is 5.26 Å². The van der Waals surface area contributed by atoms with E-state index in [2.05, 4.69) is 0 Å². The van der Waals surface area contributed by atoms with Crippen molar-refractivity contribution in [3.05, 3.63) is 0 Å². The zero-order valence-electron chi connectivity index (χ0n) is 5.73. The van der Waals surface area contributed by atoms with Gasteiger partial charge < -0.3 is 9.92 Å². The molecule has 0 spiro atoms. The minimum Gasteiger partial charge on any atom is -0.480 e. The Kier molecular flexibility index (Phi) is 2.80. The molecule has 57 valence electrons. The van der Waals surface area contributed by atoms with E-state index in [1.807, 2.05) is 5.97 Å². The molecule has 0 aliphatic carbocycles. The highest BCUT2D eigenvalue weighted by atomic mass is 32.2. The van der Waals surface area contributed by atoms with Gasteiger partial charge in [-0.3, -0.25) is 4.79 Å². The van der Waals surface area contributed by atoms with Crippen molar-refractivity contribution >= 4 is 25.1 Å². The zero-order valence-corrected chi connectivity index (χ0v) is 6.54. The first-order chi connectivity index (χ1) is 5.25. The average molecular weight is 169 g/mol. The van der Waals surface area contributed by atoms with Crippen LogP contribution in [-0.4, -0.2) is 41.0 Å². The predicted molar refractivity (Wildman–Crippen MR) is 42.0 cm³/mol. The van der Waals surface area contributed by atoms with Gasteiger partial charge in [-0.05, 0) is 0 Å². The Bertz CT molecular complexity index is 205. The molecule has 0 amide bonds. The Morgan fingerprint density at radius 3 is 3.18 bits per heavy atom. The molecule has 4 nitrogen and oxygen atoms in total. The summed E-state index contributed by atoms with van der Waals surface area (Å²) in [6, 6.07) is -0.514. The van der Waals surface area contributed by atoms with Crippen LogP contribution < -0.4 is 0 Å². The predicted octanol–water partition coefficient (Wildman–Crippen LogP) is -0.454. The van der Waals surface area contributed by atoms with E-state index in [4.69, 9.17) is 10.4 Å². The molecule has 1 unspecified atom stereocenters. The summed E-state index contributed by atoms with van der Waals surface area (Å²) in [6.07, 6.45) is 0. The van der Waals surface area contributed by atoms with Crippen LogP contribution in [0.2, 0.25) is 0 Å². The standard InChI is InChI=1S/C5H6BN2O2S/c7-2-6-8-3-11-1-4(8)5(9)10/h4H,1,3H2,(H,9,10). The second-order valence-electron chi connectivity index (χ2n) is 2.13. The van der Waals surface area contributed by atoms with Gasteiger partial charge in [0.25, 0.3) is 0 Å². The van der Waals surface area contributed by atoms with E-state index in [0.29, 0.717) is 11.6 Å². The fourth-order valence-electron chi connectivity index (χ4n) is 0.870. The monoisotopic (exact) mass is 169 g/mol. The molecule has 0 aromatic rings. The number of aliphatic carboxylic acids is 1. The normalized spacial score (nSPS) is 24.5. The Morgan fingerprint density at radius 1 is 1.91 bits per heavy atom. The molecule has 1 atom stereocenters. The number of nitriles is 1. The van der Waals surface area contributed by atoms with Crippen LogP contribution in [0.3, 0.4) is 0 Å². The highest BCUT2D eigenvalue weighted by Gasteiger charge is 2.30. The molecule has 1 saturated heterocycles. The molecule has 0 saturated carbocycles. The molecule has 6 heteroatoms. The zero-order chi connectivity index (χ0) is 8.27. The van der Waals surface area contributed by atoms with Crippen molar-refractivity contribution in [2.45, 2.75) is 6.04 Å². The number of thioether (sulfide) groups is 1. The molecule has 1 aliphatic heterocycles. The molecule has 1 heterocycles. The van der Waals surface area contributed by atoms with Crippen LogP contribution in [0.25, 0.3) is 0 Å². The number of rotatable bonds is 2. The maximum absolute atomic E-state index is 10.5. The Morgan fingerprint density at radius 2 is 2.64 bits per heavy atom. The first-order valence-corrected chi connectivity index (χ1v) is 4.20. The van der Waals surface area contributed by atoms with Gasteiger partial charge in [-0.1, -0.05) is 0 Å². The molecule has 1 rings (SSSR count). The van der Waals surface area contributed by atoms with Crippen molar-refractivity contribution in [1.82, 2.24) is 4.81 Å². The van der Waals surface area contributed by atoms with Crippen LogP contribution >= 0.6 is 11.8 Å². The van der Waals surface area contributed by atoms with E-state index in [1.54, 1.807) is 0 Å². The molecule has 1 N–H and O–H groups in total. The van der Waals surface area contributed by atoms with Gasteiger partial charge in [0.15, 0.2) is 0 Å². The highest BCUT2D eigenvalue weighted by Crippen LogP contribution is 2.19. The van der Waals surface area contributed by atoms with Gasteiger partial charge >= 0.3 is 13.4 Å². The minimum atomic E-state index is -0.860. The van der Waals surface area contributed by atoms with E-state index in [0.717, 1.165) is 0 Å². The highest BCUT2D eigenvalue weighted by molar-refractivity contribution is 7.99. The summed E-state index contributed by atoms with van der Waals surface area (Å²) in [7, 11) is 1.26. The molecular formula is C5H6BN2O2S. The van der Waals surface area contributed by atoms with E-state index in [1.165, 1.54) is 24.0 Å². The number of carbonyl (C=O) groups is 1. The summed E-state index contributed by atoms with van der Waals surface area (Å²) in [5, 5.41) is 16.9. The van der Waals surface area contributed by atoms with E-state index in [9.17, 15) is 4.79 Å². The largest absolute Gasteiger partial charge is 0.480 e. The molecular weight excluding hydrogens is 163 g/mol. The number of nitrogens with zero attached hydrogens (tertiary/aromatic N) is 2. The number of carboxylic acid groups (broad SMARTS) is 1. The topological polar surface area (TPSA) is 64.3 Å². The van der Waals surface area contributed by atoms with Crippen molar-refractivity contribution in [3.8, 4) is 5.97 Å². The van der Waals surface area contributed by atoms with Gasteiger partial charge in [-0.15, -0.1) is 11.8 Å². The molecule has 11 heavy (non-hydrogen) atoms. The quantitative estimate of drug-likeness (QED) is 0.567. The lowest BCUT2D eigenvalue weighted by atomic mass is 9.93. The van der Waals surface area contributed by atoms with Gasteiger partial charge in [0.2, 0.25) is 0 Å². The molecule has 1 fully saturated rings. The van der Waals surface area contributed by atoms with Crippen LogP contribution in [-0.2, 0) is 4.79 Å². The maximum Gasteiger partial charge on any atom is 0.352 e. The summed E-state index contributed by atoms with van der Waals surface area (Å²) in [6.45, 7) is 0. The lowest BCUT2D eigenvalue weighted by Crippen LogP contribution is -2.39. The third kappa shape index (κ3) is 1.88. The Hall–Kier alpha value is -0.665.